The van der Waals surface area contributed by atoms with Crippen LogP contribution in [0.3, 0.4) is 0 Å². The molecule has 0 spiro atoms. The molecule has 0 bridgehead atoms. The van der Waals surface area contributed by atoms with Crippen molar-refractivity contribution in [2.24, 2.45) is 5.92 Å². The molecule has 1 aromatic carbocycles. The van der Waals surface area contributed by atoms with Gasteiger partial charge in [0.2, 0.25) is 0 Å². The van der Waals surface area contributed by atoms with Crippen LogP contribution in [-0.4, -0.2) is 28.7 Å². The minimum Gasteiger partial charge on any atom is -0.316 e. The Balaban J connectivity index is 1.70. The largest absolute Gasteiger partial charge is 0.316 e. The predicted molar refractivity (Wildman–Crippen MR) is 82.6 cm³/mol. The fourth-order valence-electron chi connectivity index (χ4n) is 2.33. The van der Waals surface area contributed by atoms with Gasteiger partial charge in [-0.1, -0.05) is 11.8 Å². The Morgan fingerprint density at radius 1 is 1.55 bits per heavy atom. The van der Waals surface area contributed by atoms with Gasteiger partial charge < -0.3 is 5.32 Å². The van der Waals surface area contributed by atoms with E-state index in [1.54, 1.807) is 41.3 Å². The van der Waals surface area contributed by atoms with Gasteiger partial charge in [0, 0.05) is 17.9 Å². The van der Waals surface area contributed by atoms with E-state index in [1.807, 2.05) is 0 Å². The average molecular weight is 309 g/mol. The Labute approximate surface area is 124 Å². The van der Waals surface area contributed by atoms with Gasteiger partial charge in [0.1, 0.15) is 0 Å². The Kier molecular flexibility index (Phi) is 4.18. The molecule has 2 aromatic rings. The average Bonchev–Trinajstić information content (AvgIpc) is 2.88. The molecule has 1 aliphatic heterocycles. The van der Waals surface area contributed by atoms with Crippen molar-refractivity contribution in [1.82, 2.24) is 10.3 Å². The van der Waals surface area contributed by atoms with Crippen LogP contribution in [0.1, 0.15) is 12.8 Å². The molecule has 1 unspecified atom stereocenters. The topological polar surface area (TPSA) is 68.1 Å². The van der Waals surface area contributed by atoms with Crippen molar-refractivity contribution >= 4 is 39.0 Å². The molecule has 0 amide bonds. The molecule has 0 aliphatic carbocycles. The van der Waals surface area contributed by atoms with Gasteiger partial charge in [-0.2, -0.15) is 0 Å². The number of nitrogens with one attached hydrogen (secondary N) is 1. The second-order valence-corrected chi connectivity index (χ2v) is 7.21. The van der Waals surface area contributed by atoms with Crippen LogP contribution in [0, 0.1) is 16.0 Å². The van der Waals surface area contributed by atoms with Crippen LogP contribution in [0.5, 0.6) is 0 Å². The number of hydrogen-bond acceptors (Lipinski definition) is 6. The number of thioether (sulfide) groups is 1. The molecule has 2 heterocycles. The van der Waals surface area contributed by atoms with Gasteiger partial charge in [0.05, 0.1) is 15.1 Å². The van der Waals surface area contributed by atoms with Gasteiger partial charge in [0.25, 0.3) is 5.69 Å². The molecule has 1 aromatic heterocycles. The van der Waals surface area contributed by atoms with E-state index in [9.17, 15) is 10.1 Å². The highest BCUT2D eigenvalue weighted by atomic mass is 32.2. The number of fused-ring (bicyclic) bond motifs is 1. The summed E-state index contributed by atoms with van der Waals surface area (Å²) in [7, 11) is 0. The zero-order valence-corrected chi connectivity index (χ0v) is 12.5. The van der Waals surface area contributed by atoms with Crippen molar-refractivity contribution in [2.45, 2.75) is 17.2 Å². The maximum atomic E-state index is 10.8. The molecule has 7 heteroatoms. The summed E-state index contributed by atoms with van der Waals surface area (Å²) in [6.07, 6.45) is 2.52. The third-order valence-electron chi connectivity index (χ3n) is 3.40. The third kappa shape index (κ3) is 3.11. The van der Waals surface area contributed by atoms with E-state index in [0.717, 1.165) is 33.4 Å². The van der Waals surface area contributed by atoms with E-state index in [2.05, 4.69) is 10.3 Å². The Hall–Kier alpha value is -1.18. The number of rotatable bonds is 4. The highest BCUT2D eigenvalue weighted by molar-refractivity contribution is 8.01. The van der Waals surface area contributed by atoms with Gasteiger partial charge in [-0.05, 0) is 37.9 Å². The Bertz CT molecular complexity index is 623. The highest BCUT2D eigenvalue weighted by Crippen LogP contribution is 2.33. The smallest absolute Gasteiger partial charge is 0.271 e. The summed E-state index contributed by atoms with van der Waals surface area (Å²) in [6, 6.07) is 4.88. The molecule has 5 nitrogen and oxygen atoms in total. The van der Waals surface area contributed by atoms with Crippen molar-refractivity contribution in [3.63, 3.8) is 0 Å². The normalized spacial score (nSPS) is 19.3. The molecular weight excluding hydrogens is 294 g/mol. The number of non-ortho nitro benzene ring substituents is 1. The first-order valence-corrected chi connectivity index (χ1v) is 8.41. The Morgan fingerprint density at radius 3 is 3.20 bits per heavy atom. The van der Waals surface area contributed by atoms with Crippen LogP contribution in [0.2, 0.25) is 0 Å². The number of benzene rings is 1. The van der Waals surface area contributed by atoms with E-state index in [0.29, 0.717) is 5.92 Å². The van der Waals surface area contributed by atoms with Crippen molar-refractivity contribution in [3.8, 4) is 0 Å². The Morgan fingerprint density at radius 2 is 2.45 bits per heavy atom. The van der Waals surface area contributed by atoms with Crippen LogP contribution in [0.4, 0.5) is 5.69 Å². The van der Waals surface area contributed by atoms with E-state index >= 15 is 0 Å². The van der Waals surface area contributed by atoms with E-state index in [1.165, 1.54) is 12.8 Å². The minimum absolute atomic E-state index is 0.107. The molecule has 1 N–H and O–H groups in total. The van der Waals surface area contributed by atoms with E-state index in [-0.39, 0.29) is 10.6 Å². The number of hydrogen-bond donors (Lipinski definition) is 1. The second kappa shape index (κ2) is 6.07. The molecule has 1 fully saturated rings. The molecule has 1 atom stereocenters. The SMILES string of the molecule is O=[N+]([O-])c1ccc2sc(SCC3CCCNC3)nc2c1. The third-order valence-corrected chi connectivity index (χ3v) is 5.81. The van der Waals surface area contributed by atoms with Crippen molar-refractivity contribution in [1.29, 1.82) is 0 Å². The number of thiazole rings is 1. The number of piperidine rings is 1. The predicted octanol–water partition coefficient (Wildman–Crippen LogP) is 3.30. The van der Waals surface area contributed by atoms with Crippen LogP contribution >= 0.6 is 23.1 Å². The van der Waals surface area contributed by atoms with Crippen LogP contribution < -0.4 is 5.32 Å². The van der Waals surface area contributed by atoms with Gasteiger partial charge in [0.15, 0.2) is 4.34 Å². The van der Waals surface area contributed by atoms with Crippen LogP contribution in [0.25, 0.3) is 10.2 Å². The lowest BCUT2D eigenvalue weighted by molar-refractivity contribution is -0.384. The molecule has 0 radical (unpaired) electrons. The van der Waals surface area contributed by atoms with Gasteiger partial charge in [-0.3, -0.25) is 10.1 Å². The van der Waals surface area contributed by atoms with Crippen molar-refractivity contribution < 1.29 is 4.92 Å². The van der Waals surface area contributed by atoms with Crippen molar-refractivity contribution in [3.05, 3.63) is 28.3 Å². The summed E-state index contributed by atoms with van der Waals surface area (Å²) in [5.41, 5.74) is 0.837. The standard InChI is InChI=1S/C13H15N3O2S2/c17-16(18)10-3-4-12-11(6-10)15-13(20-12)19-8-9-2-1-5-14-7-9/h3-4,6,9,14H,1-2,5,7-8H2. The molecule has 106 valence electrons. The van der Waals surface area contributed by atoms with Gasteiger partial charge >= 0.3 is 0 Å². The highest BCUT2D eigenvalue weighted by Gasteiger charge is 2.15. The van der Waals surface area contributed by atoms with Crippen LogP contribution in [-0.2, 0) is 0 Å². The lowest BCUT2D eigenvalue weighted by atomic mass is 10.0. The molecule has 1 aliphatic rings. The maximum absolute atomic E-state index is 10.8. The summed E-state index contributed by atoms with van der Waals surface area (Å²) >= 11 is 3.38. The summed E-state index contributed by atoms with van der Waals surface area (Å²) in [5, 5.41) is 14.2. The summed E-state index contributed by atoms with van der Waals surface area (Å²) in [4.78, 5) is 14.9. The molecule has 0 saturated carbocycles. The fraction of sp³-hybridized carbons (Fsp3) is 0.462. The lowest BCUT2D eigenvalue weighted by Crippen LogP contribution is -2.30. The molecule has 20 heavy (non-hydrogen) atoms. The van der Waals surface area contributed by atoms with E-state index in [4.69, 9.17) is 0 Å². The van der Waals surface area contributed by atoms with Gasteiger partial charge in [-0.25, -0.2) is 4.98 Å². The fourth-order valence-corrected chi connectivity index (χ4v) is 4.54. The number of nitrogens with zero attached hydrogens (tertiary/aromatic N) is 2. The van der Waals surface area contributed by atoms with Crippen LogP contribution in [0.15, 0.2) is 22.5 Å². The summed E-state index contributed by atoms with van der Waals surface area (Å²) in [5.74, 6) is 1.77. The summed E-state index contributed by atoms with van der Waals surface area (Å²) < 4.78 is 2.02. The number of nitro groups is 1. The monoisotopic (exact) mass is 309 g/mol. The second-order valence-electron chi connectivity index (χ2n) is 4.91. The quantitative estimate of drug-likeness (QED) is 0.533. The zero-order valence-electron chi connectivity index (χ0n) is 10.9. The number of nitro benzene ring substituents is 1. The van der Waals surface area contributed by atoms with E-state index < -0.39 is 0 Å². The first-order chi connectivity index (χ1) is 9.72. The first kappa shape index (κ1) is 13.8. The minimum atomic E-state index is -0.376. The van der Waals surface area contributed by atoms with Crippen molar-refractivity contribution in [2.75, 3.05) is 18.8 Å². The molecular formula is C13H15N3O2S2. The van der Waals surface area contributed by atoms with Gasteiger partial charge in [-0.15, -0.1) is 11.3 Å². The lowest BCUT2D eigenvalue weighted by Gasteiger charge is -2.21. The first-order valence-electron chi connectivity index (χ1n) is 6.61. The zero-order chi connectivity index (χ0) is 13.9. The summed E-state index contributed by atoms with van der Waals surface area (Å²) in [6.45, 7) is 2.22. The maximum Gasteiger partial charge on any atom is 0.271 e. The molecule has 1 saturated heterocycles. The molecule has 3 rings (SSSR count). The number of aromatic nitrogens is 1.